The molecule has 2 atom stereocenters. The Labute approximate surface area is 156 Å². The zero-order valence-corrected chi connectivity index (χ0v) is 14.7. The number of aromatic amines is 1. The molecule has 4 aromatic rings. The molecule has 0 aliphatic carbocycles. The highest BCUT2D eigenvalue weighted by molar-refractivity contribution is 6.10. The number of ether oxygens (including phenoxy) is 1. The molecule has 0 bridgehead atoms. The van der Waals surface area contributed by atoms with E-state index < -0.39 is 11.9 Å². The van der Waals surface area contributed by atoms with Gasteiger partial charge in [0.2, 0.25) is 0 Å². The molecule has 3 aromatic carbocycles. The number of nitrogens with zero attached hydrogens (tertiary/aromatic N) is 1. The van der Waals surface area contributed by atoms with Crippen molar-refractivity contribution in [2.45, 2.75) is 12.8 Å². The number of nitriles is 1. The highest BCUT2D eigenvalue weighted by Crippen LogP contribution is 2.46. The lowest BCUT2D eigenvalue weighted by atomic mass is 9.79. The summed E-state index contributed by atoms with van der Waals surface area (Å²) >= 11 is 0. The van der Waals surface area contributed by atoms with Crippen LogP contribution in [-0.4, -0.2) is 11.0 Å². The normalized spacial score (nSPS) is 18.9. The zero-order valence-electron chi connectivity index (χ0n) is 14.7. The van der Waals surface area contributed by atoms with Gasteiger partial charge in [0, 0.05) is 27.8 Å². The second kappa shape index (κ2) is 5.72. The Balaban J connectivity index is 1.82. The Morgan fingerprint density at radius 2 is 1.85 bits per heavy atom. The fourth-order valence-corrected chi connectivity index (χ4v) is 4.07. The number of nitrogens with one attached hydrogen (secondary N) is 1. The summed E-state index contributed by atoms with van der Waals surface area (Å²) in [5.41, 5.74) is 4.78. The van der Waals surface area contributed by atoms with E-state index >= 15 is 0 Å². The molecule has 2 unspecified atom stereocenters. The Kier molecular flexibility index (Phi) is 3.32. The fourth-order valence-electron chi connectivity index (χ4n) is 4.07. The van der Waals surface area contributed by atoms with E-state index in [1.165, 1.54) is 5.56 Å². The summed E-state index contributed by atoms with van der Waals surface area (Å²) < 4.78 is 5.67. The fraction of sp³-hybridized carbons (Fsp3) is 0.130. The molecular formula is C23H16N2O2. The molecule has 1 N–H and O–H groups in total. The number of aryl methyl sites for hydroxylation is 1. The minimum Gasteiger partial charge on any atom is -0.423 e. The second-order valence-electron chi connectivity index (χ2n) is 7.00. The van der Waals surface area contributed by atoms with Gasteiger partial charge in [-0.2, -0.15) is 5.26 Å². The summed E-state index contributed by atoms with van der Waals surface area (Å²) in [6.07, 6.45) is 0. The summed E-state index contributed by atoms with van der Waals surface area (Å²) in [5, 5.41) is 11.7. The number of rotatable bonds is 1. The first kappa shape index (κ1) is 15.7. The van der Waals surface area contributed by atoms with Crippen molar-refractivity contribution in [1.82, 2.24) is 4.98 Å². The molecule has 4 nitrogen and oxygen atoms in total. The Hall–Kier alpha value is -3.58. The van der Waals surface area contributed by atoms with Crippen molar-refractivity contribution in [1.29, 1.82) is 5.26 Å². The molecule has 27 heavy (non-hydrogen) atoms. The Morgan fingerprint density at radius 1 is 1.04 bits per heavy atom. The standard InChI is InChI=1S/C23H16N2O2/c1-13-7-10-19-17(11-13)15-8-9-16-20(14-5-3-2-4-6-14)18(12-24)23(26)27-22(16)21(15)25-19/h2-11,18,20,25H,1H3. The molecule has 2 heterocycles. The van der Waals surface area contributed by atoms with Crippen molar-refractivity contribution in [3.05, 3.63) is 77.4 Å². The molecule has 0 spiro atoms. The average Bonchev–Trinajstić information content (AvgIpc) is 3.06. The van der Waals surface area contributed by atoms with E-state index in [-0.39, 0.29) is 5.92 Å². The summed E-state index contributed by atoms with van der Waals surface area (Å²) in [5.74, 6) is -1.16. The van der Waals surface area contributed by atoms with Gasteiger partial charge in [-0.25, -0.2) is 0 Å². The number of benzene rings is 3. The van der Waals surface area contributed by atoms with Crippen molar-refractivity contribution in [2.24, 2.45) is 5.92 Å². The van der Waals surface area contributed by atoms with Gasteiger partial charge in [-0.1, -0.05) is 54.1 Å². The number of hydrogen-bond acceptors (Lipinski definition) is 3. The number of hydrogen-bond donors (Lipinski definition) is 1. The van der Waals surface area contributed by atoms with Crippen LogP contribution in [0.15, 0.2) is 60.7 Å². The molecular weight excluding hydrogens is 336 g/mol. The molecule has 4 heteroatoms. The van der Waals surface area contributed by atoms with Crippen molar-refractivity contribution in [3.8, 4) is 11.8 Å². The number of carbonyl (C=O) groups is 1. The van der Waals surface area contributed by atoms with Crippen molar-refractivity contribution in [3.63, 3.8) is 0 Å². The zero-order chi connectivity index (χ0) is 18.5. The SMILES string of the molecule is Cc1ccc2[nH]c3c4c(ccc3c2c1)C(c1ccccc1)C(C#N)C(=O)O4. The molecule has 1 aromatic heterocycles. The first-order chi connectivity index (χ1) is 13.2. The summed E-state index contributed by atoms with van der Waals surface area (Å²) in [6.45, 7) is 2.06. The molecule has 0 saturated heterocycles. The van der Waals surface area contributed by atoms with Gasteiger partial charge in [-0.05, 0) is 24.6 Å². The van der Waals surface area contributed by atoms with Gasteiger partial charge in [-0.15, -0.1) is 0 Å². The highest BCUT2D eigenvalue weighted by atomic mass is 16.5. The molecule has 5 rings (SSSR count). The predicted molar refractivity (Wildman–Crippen MR) is 104 cm³/mol. The predicted octanol–water partition coefficient (Wildman–Crippen LogP) is 4.82. The quantitative estimate of drug-likeness (QED) is 0.394. The van der Waals surface area contributed by atoms with Gasteiger partial charge in [0.05, 0.1) is 11.6 Å². The highest BCUT2D eigenvalue weighted by Gasteiger charge is 2.40. The second-order valence-corrected chi connectivity index (χ2v) is 7.00. The largest absolute Gasteiger partial charge is 0.423 e. The van der Waals surface area contributed by atoms with Gasteiger partial charge >= 0.3 is 5.97 Å². The minimum absolute atomic E-state index is 0.343. The lowest BCUT2D eigenvalue weighted by molar-refractivity contribution is -0.138. The molecule has 130 valence electrons. The van der Waals surface area contributed by atoms with E-state index in [1.54, 1.807) is 0 Å². The summed E-state index contributed by atoms with van der Waals surface area (Å²) in [7, 11) is 0. The first-order valence-electron chi connectivity index (χ1n) is 8.88. The van der Waals surface area contributed by atoms with Crippen LogP contribution in [0.25, 0.3) is 21.8 Å². The maximum Gasteiger partial charge on any atom is 0.329 e. The van der Waals surface area contributed by atoms with E-state index in [0.717, 1.165) is 32.9 Å². The van der Waals surface area contributed by atoms with E-state index in [4.69, 9.17) is 4.74 Å². The molecule has 1 aliphatic heterocycles. The van der Waals surface area contributed by atoms with Crippen LogP contribution in [-0.2, 0) is 4.79 Å². The number of carbonyl (C=O) groups excluding carboxylic acids is 1. The first-order valence-corrected chi connectivity index (χ1v) is 8.88. The van der Waals surface area contributed by atoms with Gasteiger partial charge in [-0.3, -0.25) is 4.79 Å². The third-order valence-electron chi connectivity index (χ3n) is 5.34. The maximum atomic E-state index is 12.6. The Bertz CT molecular complexity index is 1250. The minimum atomic E-state index is -0.857. The lowest BCUT2D eigenvalue weighted by Gasteiger charge is -2.28. The summed E-state index contributed by atoms with van der Waals surface area (Å²) in [4.78, 5) is 16.0. The van der Waals surface area contributed by atoms with Crippen molar-refractivity contribution >= 4 is 27.8 Å². The van der Waals surface area contributed by atoms with Crippen LogP contribution in [0, 0.1) is 24.2 Å². The number of fused-ring (bicyclic) bond motifs is 5. The molecule has 0 saturated carbocycles. The monoisotopic (exact) mass is 352 g/mol. The number of esters is 1. The third-order valence-corrected chi connectivity index (χ3v) is 5.34. The maximum absolute atomic E-state index is 12.6. The van der Waals surface area contributed by atoms with E-state index in [9.17, 15) is 10.1 Å². The van der Waals surface area contributed by atoms with Crippen molar-refractivity contribution in [2.75, 3.05) is 0 Å². The molecule has 1 aliphatic rings. The van der Waals surface area contributed by atoms with Crippen LogP contribution in [0.5, 0.6) is 5.75 Å². The summed E-state index contributed by atoms with van der Waals surface area (Å²) in [6, 6.07) is 22.1. The van der Waals surface area contributed by atoms with E-state index in [1.807, 2.05) is 42.5 Å². The third kappa shape index (κ3) is 2.25. The van der Waals surface area contributed by atoms with Gasteiger partial charge in [0.15, 0.2) is 11.7 Å². The smallest absolute Gasteiger partial charge is 0.329 e. The average molecular weight is 352 g/mol. The van der Waals surface area contributed by atoms with E-state index in [2.05, 4.69) is 36.2 Å². The van der Waals surface area contributed by atoms with Crippen LogP contribution in [0.1, 0.15) is 22.6 Å². The molecule has 0 radical (unpaired) electrons. The van der Waals surface area contributed by atoms with Crippen LogP contribution < -0.4 is 4.74 Å². The number of aromatic nitrogens is 1. The number of H-pyrrole nitrogens is 1. The van der Waals surface area contributed by atoms with Gasteiger partial charge in [0.1, 0.15) is 0 Å². The lowest BCUT2D eigenvalue weighted by Crippen LogP contribution is -2.31. The van der Waals surface area contributed by atoms with Crippen molar-refractivity contribution < 1.29 is 9.53 Å². The molecule has 0 fully saturated rings. The topological polar surface area (TPSA) is 65.9 Å². The molecule has 0 amide bonds. The van der Waals surface area contributed by atoms with Crippen LogP contribution in [0.4, 0.5) is 0 Å². The van der Waals surface area contributed by atoms with Gasteiger partial charge in [0.25, 0.3) is 0 Å². The van der Waals surface area contributed by atoms with Gasteiger partial charge < -0.3 is 9.72 Å². The van der Waals surface area contributed by atoms with Crippen LogP contribution >= 0.6 is 0 Å². The van der Waals surface area contributed by atoms with E-state index in [0.29, 0.717) is 5.75 Å². The van der Waals surface area contributed by atoms with Crippen LogP contribution in [0.2, 0.25) is 0 Å². The Morgan fingerprint density at radius 3 is 2.63 bits per heavy atom. The van der Waals surface area contributed by atoms with Crippen LogP contribution in [0.3, 0.4) is 0 Å².